The lowest BCUT2D eigenvalue weighted by atomic mass is 10.2. The van der Waals surface area contributed by atoms with E-state index in [0.29, 0.717) is 12.0 Å². The van der Waals surface area contributed by atoms with Crippen molar-refractivity contribution in [3.63, 3.8) is 0 Å². The second-order valence-corrected chi connectivity index (χ2v) is 7.14. The van der Waals surface area contributed by atoms with Crippen LogP contribution in [-0.4, -0.2) is 38.6 Å². The first-order valence-electron chi connectivity index (χ1n) is 6.63. The molecule has 1 unspecified atom stereocenters. The Morgan fingerprint density at radius 2 is 2.09 bits per heavy atom. The van der Waals surface area contributed by atoms with Gasteiger partial charge in [-0.25, -0.2) is 13.2 Å². The SMILES string of the molecule is O=C(NCc1ccccc1OC(F)F)NC1CCS(=O)(=O)C1. The lowest BCUT2D eigenvalue weighted by molar-refractivity contribution is -0.0504. The van der Waals surface area contributed by atoms with Crippen molar-refractivity contribution in [3.05, 3.63) is 29.8 Å². The number of halogens is 2. The molecule has 1 aromatic rings. The Balaban J connectivity index is 1.86. The van der Waals surface area contributed by atoms with E-state index in [9.17, 15) is 22.0 Å². The number of ether oxygens (including phenoxy) is 1. The number of urea groups is 1. The number of para-hydroxylation sites is 1. The van der Waals surface area contributed by atoms with Crippen LogP contribution in [0, 0.1) is 0 Å². The standard InChI is InChI=1S/C13H16F2N2O4S/c14-12(15)21-11-4-2-1-3-9(11)7-16-13(18)17-10-5-6-22(19,20)8-10/h1-4,10,12H,5-8H2,(H2,16,17,18). The number of amides is 2. The van der Waals surface area contributed by atoms with E-state index >= 15 is 0 Å². The molecular weight excluding hydrogens is 318 g/mol. The Bertz CT molecular complexity index is 637. The van der Waals surface area contributed by atoms with Crippen LogP contribution in [0.15, 0.2) is 24.3 Å². The summed E-state index contributed by atoms with van der Waals surface area (Å²) >= 11 is 0. The Morgan fingerprint density at radius 3 is 2.73 bits per heavy atom. The Hall–Kier alpha value is -1.90. The highest BCUT2D eigenvalue weighted by Crippen LogP contribution is 2.20. The van der Waals surface area contributed by atoms with Gasteiger partial charge in [0.25, 0.3) is 0 Å². The molecule has 1 heterocycles. The van der Waals surface area contributed by atoms with Crippen molar-refractivity contribution < 1.29 is 26.7 Å². The van der Waals surface area contributed by atoms with Crippen molar-refractivity contribution >= 4 is 15.9 Å². The number of carbonyl (C=O) groups is 1. The fraction of sp³-hybridized carbons (Fsp3) is 0.462. The Morgan fingerprint density at radius 1 is 1.36 bits per heavy atom. The number of alkyl halides is 2. The van der Waals surface area contributed by atoms with E-state index < -0.39 is 28.5 Å². The maximum atomic E-state index is 12.3. The summed E-state index contributed by atoms with van der Waals surface area (Å²) in [5.41, 5.74) is 0.400. The zero-order chi connectivity index (χ0) is 16.2. The highest BCUT2D eigenvalue weighted by Gasteiger charge is 2.28. The third-order valence-corrected chi connectivity index (χ3v) is 4.96. The molecule has 6 nitrogen and oxygen atoms in total. The molecule has 2 amide bonds. The molecule has 0 aromatic heterocycles. The number of rotatable bonds is 5. The van der Waals surface area contributed by atoms with E-state index in [2.05, 4.69) is 15.4 Å². The van der Waals surface area contributed by atoms with Crippen molar-refractivity contribution in [2.24, 2.45) is 0 Å². The van der Waals surface area contributed by atoms with E-state index in [-0.39, 0.29) is 23.8 Å². The minimum absolute atomic E-state index is 0.00576. The van der Waals surface area contributed by atoms with Crippen LogP contribution in [0.5, 0.6) is 5.75 Å². The van der Waals surface area contributed by atoms with E-state index in [1.165, 1.54) is 6.07 Å². The molecule has 122 valence electrons. The predicted octanol–water partition coefficient (Wildman–Crippen LogP) is 1.27. The molecule has 1 aliphatic rings. The van der Waals surface area contributed by atoms with Crippen LogP contribution in [0.3, 0.4) is 0 Å². The van der Waals surface area contributed by atoms with Gasteiger partial charge in [-0.15, -0.1) is 0 Å². The van der Waals surface area contributed by atoms with Gasteiger partial charge in [0.2, 0.25) is 0 Å². The highest BCUT2D eigenvalue weighted by molar-refractivity contribution is 7.91. The first-order valence-corrected chi connectivity index (χ1v) is 8.45. The molecule has 1 fully saturated rings. The van der Waals surface area contributed by atoms with Crippen LogP contribution in [0.25, 0.3) is 0 Å². The van der Waals surface area contributed by atoms with Crippen molar-refractivity contribution in [3.8, 4) is 5.75 Å². The second-order valence-electron chi connectivity index (χ2n) is 4.91. The summed E-state index contributed by atoms with van der Waals surface area (Å²) in [5, 5.41) is 5.04. The molecule has 22 heavy (non-hydrogen) atoms. The summed E-state index contributed by atoms with van der Waals surface area (Å²) in [6, 6.07) is 5.15. The van der Waals surface area contributed by atoms with Crippen LogP contribution in [0.4, 0.5) is 13.6 Å². The number of nitrogens with one attached hydrogen (secondary N) is 2. The highest BCUT2D eigenvalue weighted by atomic mass is 32.2. The number of carbonyl (C=O) groups excluding carboxylic acids is 1. The Labute approximate surface area is 126 Å². The van der Waals surface area contributed by atoms with Crippen LogP contribution >= 0.6 is 0 Å². The fourth-order valence-corrected chi connectivity index (χ4v) is 3.85. The van der Waals surface area contributed by atoms with Crippen molar-refractivity contribution in [2.75, 3.05) is 11.5 Å². The molecule has 0 spiro atoms. The quantitative estimate of drug-likeness (QED) is 0.849. The Kier molecular flexibility index (Phi) is 5.17. The van der Waals surface area contributed by atoms with Gasteiger partial charge in [0.1, 0.15) is 5.75 Å². The summed E-state index contributed by atoms with van der Waals surface area (Å²) < 4.78 is 51.5. The number of benzene rings is 1. The van der Waals surface area contributed by atoms with Gasteiger partial charge in [-0.2, -0.15) is 8.78 Å². The zero-order valence-electron chi connectivity index (χ0n) is 11.6. The lowest BCUT2D eigenvalue weighted by Crippen LogP contribution is -2.42. The normalized spacial score (nSPS) is 19.9. The van der Waals surface area contributed by atoms with Gasteiger partial charge < -0.3 is 15.4 Å². The van der Waals surface area contributed by atoms with Gasteiger partial charge in [0.15, 0.2) is 9.84 Å². The van der Waals surface area contributed by atoms with Crippen LogP contribution < -0.4 is 15.4 Å². The van der Waals surface area contributed by atoms with E-state index in [0.717, 1.165) is 0 Å². The molecular formula is C13H16F2N2O4S. The van der Waals surface area contributed by atoms with E-state index in [4.69, 9.17) is 0 Å². The monoisotopic (exact) mass is 334 g/mol. The maximum Gasteiger partial charge on any atom is 0.387 e. The summed E-state index contributed by atoms with van der Waals surface area (Å²) in [7, 11) is -3.07. The third kappa shape index (κ3) is 4.83. The van der Waals surface area contributed by atoms with Crippen molar-refractivity contribution in [1.29, 1.82) is 0 Å². The van der Waals surface area contributed by atoms with Gasteiger partial charge in [-0.3, -0.25) is 0 Å². The molecule has 2 N–H and O–H groups in total. The predicted molar refractivity (Wildman–Crippen MR) is 75.5 cm³/mol. The maximum absolute atomic E-state index is 12.3. The fourth-order valence-electron chi connectivity index (χ4n) is 2.18. The minimum atomic E-state index is -3.07. The molecule has 0 saturated carbocycles. The first-order chi connectivity index (χ1) is 10.4. The molecule has 1 atom stereocenters. The van der Waals surface area contributed by atoms with Gasteiger partial charge in [-0.05, 0) is 12.5 Å². The molecule has 9 heteroatoms. The summed E-state index contributed by atoms with van der Waals surface area (Å²) in [6.07, 6.45) is 0.376. The van der Waals surface area contributed by atoms with Crippen molar-refractivity contribution in [1.82, 2.24) is 10.6 Å². The third-order valence-electron chi connectivity index (χ3n) is 3.20. The van der Waals surface area contributed by atoms with Crippen LogP contribution in [0.2, 0.25) is 0 Å². The zero-order valence-corrected chi connectivity index (χ0v) is 12.4. The summed E-state index contributed by atoms with van der Waals surface area (Å²) in [5.74, 6) is -0.0321. The van der Waals surface area contributed by atoms with Gasteiger partial charge in [0, 0.05) is 18.2 Å². The molecule has 1 aliphatic heterocycles. The number of hydrogen-bond acceptors (Lipinski definition) is 4. The lowest BCUT2D eigenvalue weighted by Gasteiger charge is -2.14. The topological polar surface area (TPSA) is 84.5 Å². The number of sulfone groups is 1. The molecule has 2 rings (SSSR count). The van der Waals surface area contributed by atoms with Crippen molar-refractivity contribution in [2.45, 2.75) is 25.6 Å². The molecule has 1 aromatic carbocycles. The van der Waals surface area contributed by atoms with Gasteiger partial charge >= 0.3 is 12.6 Å². The van der Waals surface area contributed by atoms with Crippen LogP contribution in [0.1, 0.15) is 12.0 Å². The van der Waals surface area contributed by atoms with Gasteiger partial charge in [-0.1, -0.05) is 18.2 Å². The molecule has 0 aliphatic carbocycles. The summed E-state index contributed by atoms with van der Waals surface area (Å²) in [6.45, 7) is -2.95. The largest absolute Gasteiger partial charge is 0.434 e. The van der Waals surface area contributed by atoms with E-state index in [1.807, 2.05) is 0 Å². The first kappa shape index (κ1) is 16.5. The summed E-state index contributed by atoms with van der Waals surface area (Å²) in [4.78, 5) is 11.7. The second kappa shape index (κ2) is 6.91. The number of hydrogen-bond donors (Lipinski definition) is 2. The molecule has 0 bridgehead atoms. The average molecular weight is 334 g/mol. The van der Waals surface area contributed by atoms with E-state index in [1.54, 1.807) is 18.2 Å². The van der Waals surface area contributed by atoms with Gasteiger partial charge in [0.05, 0.1) is 11.5 Å². The molecule has 1 saturated heterocycles. The smallest absolute Gasteiger partial charge is 0.387 e. The van der Waals surface area contributed by atoms with Crippen LogP contribution in [-0.2, 0) is 16.4 Å². The molecule has 0 radical (unpaired) electrons. The average Bonchev–Trinajstić information content (AvgIpc) is 2.76. The minimum Gasteiger partial charge on any atom is -0.434 e.